The Balaban J connectivity index is 1.81. The lowest BCUT2D eigenvalue weighted by Gasteiger charge is -2.26. The summed E-state index contributed by atoms with van der Waals surface area (Å²) >= 11 is 6.12. The Morgan fingerprint density at radius 1 is 1.41 bits per heavy atom. The normalized spacial score (nSPS) is 19.0. The highest BCUT2D eigenvalue weighted by Gasteiger charge is 2.33. The van der Waals surface area contributed by atoms with Gasteiger partial charge in [-0.15, -0.1) is 0 Å². The number of aliphatic imine (C=N–C) groups is 1. The molecule has 0 spiro atoms. The average Bonchev–Trinajstić information content (AvgIpc) is 3.11. The molecule has 9 heteroatoms. The molecule has 5 nitrogen and oxygen atoms in total. The number of benzene rings is 1. The van der Waals surface area contributed by atoms with Crippen molar-refractivity contribution in [3.8, 4) is 5.75 Å². The predicted molar refractivity (Wildman–Crippen MR) is 111 cm³/mol. The molecule has 1 heterocycles. The zero-order valence-electron chi connectivity index (χ0n) is 17.2. The summed E-state index contributed by atoms with van der Waals surface area (Å²) in [5.41, 5.74) is 0. The Bertz CT molecular complexity index is 671. The SMILES string of the molecule is CCN(CC1CCN(C(=NC)NCC(C)Oc2ccccc2Cl)C1)CC(F)(F)F. The van der Waals surface area contributed by atoms with Crippen LogP contribution in [0, 0.1) is 5.92 Å². The zero-order chi connectivity index (χ0) is 21.4. The lowest BCUT2D eigenvalue weighted by atomic mass is 10.1. The predicted octanol–water partition coefficient (Wildman–Crippen LogP) is 3.89. The second-order valence-electron chi connectivity index (χ2n) is 7.33. The van der Waals surface area contributed by atoms with Crippen molar-refractivity contribution in [3.63, 3.8) is 0 Å². The summed E-state index contributed by atoms with van der Waals surface area (Å²) in [6, 6.07) is 7.30. The highest BCUT2D eigenvalue weighted by atomic mass is 35.5. The maximum Gasteiger partial charge on any atom is 0.401 e. The Morgan fingerprint density at radius 2 is 2.14 bits per heavy atom. The Labute approximate surface area is 175 Å². The van der Waals surface area contributed by atoms with Crippen LogP contribution >= 0.6 is 11.6 Å². The van der Waals surface area contributed by atoms with Crippen LogP contribution in [0.15, 0.2) is 29.3 Å². The van der Waals surface area contributed by atoms with Crippen LogP contribution in [0.1, 0.15) is 20.3 Å². The molecule has 0 radical (unpaired) electrons. The Kier molecular flexibility index (Phi) is 8.89. The maximum atomic E-state index is 12.7. The topological polar surface area (TPSA) is 40.1 Å². The van der Waals surface area contributed by atoms with Gasteiger partial charge in [0.05, 0.1) is 18.1 Å². The van der Waals surface area contributed by atoms with Gasteiger partial charge in [-0.05, 0) is 37.9 Å². The fourth-order valence-electron chi connectivity index (χ4n) is 3.46. The fourth-order valence-corrected chi connectivity index (χ4v) is 3.64. The van der Waals surface area contributed by atoms with Gasteiger partial charge in [0.15, 0.2) is 5.96 Å². The summed E-state index contributed by atoms with van der Waals surface area (Å²) in [6.45, 7) is 5.67. The molecule has 0 aliphatic carbocycles. The van der Waals surface area contributed by atoms with Crippen molar-refractivity contribution >= 4 is 17.6 Å². The van der Waals surface area contributed by atoms with Crippen molar-refractivity contribution in [3.05, 3.63) is 29.3 Å². The lowest BCUT2D eigenvalue weighted by Crippen LogP contribution is -2.44. The summed E-state index contributed by atoms with van der Waals surface area (Å²) in [5, 5.41) is 3.85. The standard InChI is InChI=1S/C20H30ClF3N4O/c1-4-27(14-20(22,23)24)12-16-9-10-28(13-16)19(25-3)26-11-15(2)29-18-8-6-5-7-17(18)21/h5-8,15-16H,4,9-14H2,1-3H3,(H,25,26). The van der Waals surface area contributed by atoms with Crippen molar-refractivity contribution in [2.75, 3.05) is 46.3 Å². The summed E-state index contributed by atoms with van der Waals surface area (Å²) in [5.74, 6) is 1.55. The number of hydrogen-bond donors (Lipinski definition) is 1. The van der Waals surface area contributed by atoms with E-state index in [4.69, 9.17) is 16.3 Å². The average molecular weight is 435 g/mol. The van der Waals surface area contributed by atoms with Crippen molar-refractivity contribution in [2.24, 2.45) is 10.9 Å². The van der Waals surface area contributed by atoms with E-state index in [-0.39, 0.29) is 12.0 Å². The van der Waals surface area contributed by atoms with Gasteiger partial charge in [-0.2, -0.15) is 13.2 Å². The third kappa shape index (κ3) is 7.93. The largest absolute Gasteiger partial charge is 0.487 e. The van der Waals surface area contributed by atoms with Gasteiger partial charge in [0.25, 0.3) is 0 Å². The molecule has 1 aliphatic rings. The highest BCUT2D eigenvalue weighted by Crippen LogP contribution is 2.24. The van der Waals surface area contributed by atoms with Gasteiger partial charge in [0, 0.05) is 26.7 Å². The van der Waals surface area contributed by atoms with Gasteiger partial charge in [0.1, 0.15) is 11.9 Å². The Morgan fingerprint density at radius 3 is 2.76 bits per heavy atom. The highest BCUT2D eigenvalue weighted by molar-refractivity contribution is 6.32. The number of guanidine groups is 1. The van der Waals surface area contributed by atoms with E-state index in [0.717, 1.165) is 18.9 Å². The summed E-state index contributed by atoms with van der Waals surface area (Å²) < 4.78 is 43.9. The van der Waals surface area contributed by atoms with Crippen LogP contribution in [-0.2, 0) is 0 Å². The van der Waals surface area contributed by atoms with Gasteiger partial charge in [-0.1, -0.05) is 30.7 Å². The molecule has 2 unspecified atom stereocenters. The van der Waals surface area contributed by atoms with Crippen LogP contribution in [0.3, 0.4) is 0 Å². The zero-order valence-corrected chi connectivity index (χ0v) is 17.9. The van der Waals surface area contributed by atoms with Gasteiger partial charge >= 0.3 is 6.18 Å². The molecule has 1 aromatic carbocycles. The molecule has 2 atom stereocenters. The first-order chi connectivity index (χ1) is 13.7. The van der Waals surface area contributed by atoms with E-state index < -0.39 is 12.7 Å². The van der Waals surface area contributed by atoms with Crippen molar-refractivity contribution in [2.45, 2.75) is 32.5 Å². The molecule has 164 valence electrons. The third-order valence-corrected chi connectivity index (χ3v) is 5.19. The minimum atomic E-state index is -4.16. The molecule has 1 fully saturated rings. The van der Waals surface area contributed by atoms with Crippen LogP contribution in [0.5, 0.6) is 5.75 Å². The van der Waals surface area contributed by atoms with Crippen LogP contribution in [-0.4, -0.2) is 74.4 Å². The third-order valence-electron chi connectivity index (χ3n) is 4.88. The van der Waals surface area contributed by atoms with Crippen LogP contribution in [0.4, 0.5) is 13.2 Å². The Hall–Kier alpha value is -1.67. The summed E-state index contributed by atoms with van der Waals surface area (Å²) in [6.07, 6.45) is -3.45. The molecular formula is C20H30ClF3N4O. The van der Waals surface area contributed by atoms with Crippen LogP contribution < -0.4 is 10.1 Å². The van der Waals surface area contributed by atoms with Crippen molar-refractivity contribution in [1.29, 1.82) is 0 Å². The fraction of sp³-hybridized carbons (Fsp3) is 0.650. The van der Waals surface area contributed by atoms with Crippen LogP contribution in [0.2, 0.25) is 5.02 Å². The molecule has 2 rings (SSSR count). The summed E-state index contributed by atoms with van der Waals surface area (Å²) in [4.78, 5) is 7.87. The number of halogens is 4. The van der Waals surface area contributed by atoms with E-state index in [9.17, 15) is 13.2 Å². The van der Waals surface area contributed by atoms with Crippen LogP contribution in [0.25, 0.3) is 0 Å². The van der Waals surface area contributed by atoms with E-state index in [1.807, 2.05) is 25.1 Å². The van der Waals surface area contributed by atoms with E-state index in [1.165, 1.54) is 4.90 Å². The minimum Gasteiger partial charge on any atom is -0.487 e. The number of ether oxygens (including phenoxy) is 1. The quantitative estimate of drug-likeness (QED) is 0.498. The molecule has 0 aromatic heterocycles. The molecule has 1 aliphatic heterocycles. The molecule has 0 saturated carbocycles. The first kappa shape index (κ1) is 23.6. The molecule has 1 saturated heterocycles. The maximum absolute atomic E-state index is 12.7. The van der Waals surface area contributed by atoms with Gasteiger partial charge in [0.2, 0.25) is 0 Å². The van der Waals surface area contributed by atoms with Gasteiger partial charge in [-0.3, -0.25) is 9.89 Å². The number of para-hydroxylation sites is 1. The molecule has 0 amide bonds. The first-order valence-electron chi connectivity index (χ1n) is 9.87. The van der Waals surface area contributed by atoms with Gasteiger partial charge < -0.3 is 15.0 Å². The number of hydrogen-bond acceptors (Lipinski definition) is 3. The summed E-state index contributed by atoms with van der Waals surface area (Å²) in [7, 11) is 1.71. The van der Waals surface area contributed by atoms with Crippen molar-refractivity contribution in [1.82, 2.24) is 15.1 Å². The number of rotatable bonds is 8. The van der Waals surface area contributed by atoms with Crippen molar-refractivity contribution < 1.29 is 17.9 Å². The number of likely N-dealkylation sites (tertiary alicyclic amines) is 1. The molecular weight excluding hydrogens is 405 g/mol. The number of nitrogens with zero attached hydrogens (tertiary/aromatic N) is 3. The second kappa shape index (κ2) is 10.9. The van der Waals surface area contributed by atoms with E-state index in [1.54, 1.807) is 20.0 Å². The molecule has 1 aromatic rings. The molecule has 0 bridgehead atoms. The van der Waals surface area contributed by atoms with E-state index >= 15 is 0 Å². The first-order valence-corrected chi connectivity index (χ1v) is 10.3. The number of nitrogens with one attached hydrogen (secondary N) is 1. The lowest BCUT2D eigenvalue weighted by molar-refractivity contribution is -0.146. The second-order valence-corrected chi connectivity index (χ2v) is 7.74. The van der Waals surface area contributed by atoms with E-state index in [0.29, 0.717) is 37.0 Å². The molecule has 1 N–H and O–H groups in total. The number of alkyl halides is 3. The molecule has 29 heavy (non-hydrogen) atoms. The van der Waals surface area contributed by atoms with Gasteiger partial charge in [-0.25, -0.2) is 0 Å². The van der Waals surface area contributed by atoms with E-state index in [2.05, 4.69) is 15.2 Å². The smallest absolute Gasteiger partial charge is 0.401 e. The minimum absolute atomic E-state index is 0.132. The monoisotopic (exact) mass is 434 g/mol.